The monoisotopic (exact) mass is 289 g/mol. The molecule has 0 aliphatic carbocycles. The number of aromatic nitrogens is 1. The molecule has 0 unspecified atom stereocenters. The lowest BCUT2D eigenvalue weighted by atomic mass is 10.4. The minimum Gasteiger partial charge on any atom is -0.370 e. The molecule has 0 bridgehead atoms. The summed E-state index contributed by atoms with van der Waals surface area (Å²) < 4.78 is 0. The largest absolute Gasteiger partial charge is 0.370 e. The Morgan fingerprint density at radius 1 is 1.20 bits per heavy atom. The number of nitrogens with zero attached hydrogens (tertiary/aromatic N) is 2. The Kier molecular flexibility index (Phi) is 5.37. The molecule has 0 saturated heterocycles. The van der Waals surface area contributed by atoms with Gasteiger partial charge in [-0.3, -0.25) is 10.1 Å². The molecule has 6 heteroatoms. The van der Waals surface area contributed by atoms with Gasteiger partial charge in [0.2, 0.25) is 0 Å². The van der Waals surface area contributed by atoms with E-state index in [9.17, 15) is 10.1 Å². The van der Waals surface area contributed by atoms with Crippen molar-refractivity contribution in [3.05, 3.63) is 58.8 Å². The van der Waals surface area contributed by atoms with E-state index < -0.39 is 4.92 Å². The summed E-state index contributed by atoms with van der Waals surface area (Å²) in [7, 11) is 0. The van der Waals surface area contributed by atoms with E-state index in [2.05, 4.69) is 22.4 Å². The predicted octanol–water partition coefficient (Wildman–Crippen LogP) is 3.58. The first-order valence-electron chi connectivity index (χ1n) is 6.28. The highest BCUT2D eigenvalue weighted by Crippen LogP contribution is 2.17. The first kappa shape index (κ1) is 14.3. The number of hydrogen-bond donors (Lipinski definition) is 1. The van der Waals surface area contributed by atoms with Crippen LogP contribution in [0.15, 0.2) is 53.6 Å². The minimum atomic E-state index is -0.451. The van der Waals surface area contributed by atoms with Crippen molar-refractivity contribution in [2.24, 2.45) is 0 Å². The van der Waals surface area contributed by atoms with Crippen LogP contribution < -0.4 is 5.32 Å². The van der Waals surface area contributed by atoms with Gasteiger partial charge in [0.1, 0.15) is 12.0 Å². The Morgan fingerprint density at radius 2 is 2.00 bits per heavy atom. The van der Waals surface area contributed by atoms with Gasteiger partial charge in [0, 0.05) is 17.5 Å². The molecular formula is C14H15N3O2S. The number of rotatable bonds is 7. The lowest BCUT2D eigenvalue weighted by Gasteiger charge is -2.05. The Labute approximate surface area is 121 Å². The number of pyridine rings is 1. The number of anilines is 1. The van der Waals surface area contributed by atoms with E-state index in [0.29, 0.717) is 5.82 Å². The summed E-state index contributed by atoms with van der Waals surface area (Å²) in [5.41, 5.74) is 0.00943. The van der Waals surface area contributed by atoms with Gasteiger partial charge in [-0.05, 0) is 30.4 Å². The second-order valence-corrected chi connectivity index (χ2v) is 5.27. The third kappa shape index (κ3) is 4.55. The van der Waals surface area contributed by atoms with Crippen LogP contribution in [0.5, 0.6) is 0 Å². The standard InChI is InChI=1S/C14H15N3O2S/c18-17(19)12-7-8-14(16-11-12)15-9-4-10-20-13-5-2-1-3-6-13/h1-3,5-8,11H,4,9-10H2,(H,15,16). The molecule has 1 heterocycles. The molecule has 1 aromatic heterocycles. The number of nitrogens with one attached hydrogen (secondary N) is 1. The van der Waals surface area contributed by atoms with Gasteiger partial charge in [-0.15, -0.1) is 11.8 Å². The third-order valence-electron chi connectivity index (χ3n) is 2.60. The van der Waals surface area contributed by atoms with Crippen molar-refractivity contribution in [2.75, 3.05) is 17.6 Å². The van der Waals surface area contributed by atoms with Crippen molar-refractivity contribution in [2.45, 2.75) is 11.3 Å². The minimum absolute atomic E-state index is 0.00943. The highest BCUT2D eigenvalue weighted by Gasteiger charge is 2.04. The molecule has 104 valence electrons. The van der Waals surface area contributed by atoms with E-state index in [1.54, 1.807) is 6.07 Å². The molecule has 1 aromatic carbocycles. The Morgan fingerprint density at radius 3 is 2.65 bits per heavy atom. The van der Waals surface area contributed by atoms with Gasteiger partial charge in [0.15, 0.2) is 0 Å². The molecule has 2 aromatic rings. The van der Waals surface area contributed by atoms with Gasteiger partial charge in [-0.2, -0.15) is 0 Å². The molecule has 0 aliphatic rings. The number of benzene rings is 1. The average molecular weight is 289 g/mol. The highest BCUT2D eigenvalue weighted by atomic mass is 32.2. The van der Waals surface area contributed by atoms with Gasteiger partial charge < -0.3 is 5.32 Å². The van der Waals surface area contributed by atoms with Crippen LogP contribution >= 0.6 is 11.8 Å². The topological polar surface area (TPSA) is 68.1 Å². The zero-order valence-corrected chi connectivity index (χ0v) is 11.7. The summed E-state index contributed by atoms with van der Waals surface area (Å²) in [6, 6.07) is 13.3. The summed E-state index contributed by atoms with van der Waals surface area (Å²) in [6.07, 6.45) is 2.26. The smallest absolute Gasteiger partial charge is 0.287 e. The molecule has 20 heavy (non-hydrogen) atoms. The molecule has 0 aliphatic heterocycles. The van der Waals surface area contributed by atoms with Crippen molar-refractivity contribution in [1.82, 2.24) is 4.98 Å². The summed E-state index contributed by atoms with van der Waals surface area (Å²) in [4.78, 5) is 15.3. The van der Waals surface area contributed by atoms with E-state index in [-0.39, 0.29) is 5.69 Å². The Bertz CT molecular complexity index is 546. The van der Waals surface area contributed by atoms with Gasteiger partial charge >= 0.3 is 0 Å². The quantitative estimate of drug-likeness (QED) is 0.365. The maximum atomic E-state index is 10.5. The molecule has 5 nitrogen and oxygen atoms in total. The van der Waals surface area contributed by atoms with E-state index in [1.807, 2.05) is 30.0 Å². The first-order valence-corrected chi connectivity index (χ1v) is 7.26. The molecule has 0 spiro atoms. The van der Waals surface area contributed by atoms with Crippen LogP contribution in [0, 0.1) is 10.1 Å². The lowest BCUT2D eigenvalue weighted by molar-refractivity contribution is -0.385. The van der Waals surface area contributed by atoms with Crippen LogP contribution in [-0.4, -0.2) is 22.2 Å². The summed E-state index contributed by atoms with van der Waals surface area (Å²) in [5, 5.41) is 13.6. The SMILES string of the molecule is O=[N+]([O-])c1ccc(NCCCSc2ccccc2)nc1. The first-order chi connectivity index (χ1) is 9.75. The molecular weight excluding hydrogens is 274 g/mol. The Balaban J connectivity index is 1.67. The van der Waals surface area contributed by atoms with E-state index in [0.717, 1.165) is 18.7 Å². The fourth-order valence-corrected chi connectivity index (χ4v) is 2.47. The summed E-state index contributed by atoms with van der Waals surface area (Å²) >= 11 is 1.81. The predicted molar refractivity (Wildman–Crippen MR) is 81.2 cm³/mol. The van der Waals surface area contributed by atoms with Crippen molar-refractivity contribution in [1.29, 1.82) is 0 Å². The van der Waals surface area contributed by atoms with Crippen LogP contribution in [-0.2, 0) is 0 Å². The fraction of sp³-hybridized carbons (Fsp3) is 0.214. The van der Waals surface area contributed by atoms with Crippen LogP contribution in [0.4, 0.5) is 11.5 Å². The molecule has 0 atom stereocenters. The molecule has 0 fully saturated rings. The van der Waals surface area contributed by atoms with E-state index in [1.165, 1.54) is 17.2 Å². The van der Waals surface area contributed by atoms with Gasteiger partial charge in [0.05, 0.1) is 4.92 Å². The van der Waals surface area contributed by atoms with Gasteiger partial charge in [-0.1, -0.05) is 18.2 Å². The van der Waals surface area contributed by atoms with Crippen molar-refractivity contribution in [3.8, 4) is 0 Å². The van der Waals surface area contributed by atoms with Gasteiger partial charge in [0.25, 0.3) is 5.69 Å². The molecule has 1 N–H and O–H groups in total. The molecule has 2 rings (SSSR count). The average Bonchev–Trinajstić information content (AvgIpc) is 2.48. The molecule has 0 amide bonds. The second-order valence-electron chi connectivity index (χ2n) is 4.10. The van der Waals surface area contributed by atoms with Crippen molar-refractivity contribution < 1.29 is 4.92 Å². The zero-order chi connectivity index (χ0) is 14.2. The third-order valence-corrected chi connectivity index (χ3v) is 3.70. The number of nitro groups is 1. The number of hydrogen-bond acceptors (Lipinski definition) is 5. The Hall–Kier alpha value is -2.08. The fourth-order valence-electron chi connectivity index (χ4n) is 1.59. The van der Waals surface area contributed by atoms with Crippen LogP contribution in [0.25, 0.3) is 0 Å². The highest BCUT2D eigenvalue weighted by molar-refractivity contribution is 7.99. The van der Waals surface area contributed by atoms with E-state index >= 15 is 0 Å². The molecule has 0 saturated carbocycles. The van der Waals surface area contributed by atoms with Crippen LogP contribution in [0.3, 0.4) is 0 Å². The maximum absolute atomic E-state index is 10.5. The van der Waals surface area contributed by atoms with Crippen LogP contribution in [0.1, 0.15) is 6.42 Å². The van der Waals surface area contributed by atoms with E-state index in [4.69, 9.17) is 0 Å². The zero-order valence-electron chi connectivity index (χ0n) is 10.9. The second kappa shape index (κ2) is 7.49. The van der Waals surface area contributed by atoms with Gasteiger partial charge in [-0.25, -0.2) is 4.98 Å². The van der Waals surface area contributed by atoms with Crippen molar-refractivity contribution in [3.63, 3.8) is 0 Å². The summed E-state index contributed by atoms with van der Waals surface area (Å²) in [5.74, 6) is 1.68. The van der Waals surface area contributed by atoms with Crippen molar-refractivity contribution >= 4 is 23.3 Å². The molecule has 0 radical (unpaired) electrons. The normalized spacial score (nSPS) is 10.2. The maximum Gasteiger partial charge on any atom is 0.287 e. The number of thioether (sulfide) groups is 1. The van der Waals surface area contributed by atoms with Crippen LogP contribution in [0.2, 0.25) is 0 Å². The lowest BCUT2D eigenvalue weighted by Crippen LogP contribution is -2.04. The summed E-state index contributed by atoms with van der Waals surface area (Å²) in [6.45, 7) is 0.796.